The lowest BCUT2D eigenvalue weighted by atomic mass is 9.52. The van der Waals surface area contributed by atoms with Crippen molar-refractivity contribution in [2.45, 2.75) is 110 Å². The summed E-state index contributed by atoms with van der Waals surface area (Å²) in [6, 6.07) is 0. The Morgan fingerprint density at radius 3 is 2.78 bits per heavy atom. The molecule has 2 aliphatic heterocycles. The summed E-state index contributed by atoms with van der Waals surface area (Å²) < 4.78 is 13.2. The molecule has 0 aromatic heterocycles. The molecule has 4 nitrogen and oxygen atoms in total. The number of fused-ring (bicyclic) bond motifs is 5. The Morgan fingerprint density at radius 1 is 1.25 bits per heavy atom. The van der Waals surface area contributed by atoms with Crippen LogP contribution in [0.25, 0.3) is 0 Å². The third-order valence-corrected chi connectivity index (χ3v) is 10.4. The van der Waals surface area contributed by atoms with E-state index in [0.29, 0.717) is 47.7 Å². The largest absolute Gasteiger partial charge is 0.393 e. The molecule has 5 fully saturated rings. The average Bonchev–Trinajstić information content (AvgIpc) is 3.21. The average molecular weight is 445 g/mol. The number of aliphatic hydroxyl groups is 1. The van der Waals surface area contributed by atoms with Crippen LogP contribution >= 0.6 is 0 Å². The van der Waals surface area contributed by atoms with Gasteiger partial charge in [-0.1, -0.05) is 39.7 Å². The minimum atomic E-state index is -0.423. The fraction of sp³-hybridized carbons (Fsp3) is 0.893. The summed E-state index contributed by atoms with van der Waals surface area (Å²) in [5.74, 6) is 2.87. The Kier molecular flexibility index (Phi) is 6.12. The summed E-state index contributed by atoms with van der Waals surface area (Å²) in [6.07, 6.45) is 11.9. The highest BCUT2D eigenvalue weighted by Gasteiger charge is 2.69. The van der Waals surface area contributed by atoms with E-state index in [1.54, 1.807) is 0 Å². The summed E-state index contributed by atoms with van der Waals surface area (Å²) in [7, 11) is 0. The van der Waals surface area contributed by atoms with Crippen molar-refractivity contribution in [2.75, 3.05) is 6.61 Å². The van der Waals surface area contributed by atoms with E-state index in [4.69, 9.17) is 9.47 Å². The van der Waals surface area contributed by atoms with Gasteiger partial charge < -0.3 is 14.6 Å². The Morgan fingerprint density at radius 2 is 2.06 bits per heavy atom. The van der Waals surface area contributed by atoms with Gasteiger partial charge in [-0.15, -0.1) is 0 Å². The van der Waals surface area contributed by atoms with Gasteiger partial charge >= 0.3 is 0 Å². The molecule has 180 valence electrons. The molecule has 3 saturated carbocycles. The van der Waals surface area contributed by atoms with E-state index in [1.165, 1.54) is 12.0 Å². The zero-order valence-corrected chi connectivity index (χ0v) is 20.6. The molecule has 3 aliphatic carbocycles. The summed E-state index contributed by atoms with van der Waals surface area (Å²) in [6.45, 7) is 9.89. The maximum Gasteiger partial charge on any atom is 0.171 e. The van der Waals surface area contributed by atoms with Gasteiger partial charge in [0.2, 0.25) is 0 Å². The standard InChI is InChI=1S/C28H44O4/c1-5-6-7-21(29)13-19-8-9-22-20(12-19)14-25(30)27(4)23(22)15-24-26(27)18(3)28(32-24)11-10-17(2)16-31-28/h13,17-18,20,22-26,30H,5-12,14-16H2,1-4H3/b19-13-/t17?,18-,20?,22?,23?,24?,25-,26?,27+,28?/m0/s1. The molecule has 2 saturated heterocycles. The van der Waals surface area contributed by atoms with E-state index in [1.807, 2.05) is 6.08 Å². The van der Waals surface area contributed by atoms with Crippen LogP contribution in [0, 0.1) is 40.9 Å². The third kappa shape index (κ3) is 3.55. The number of hydrogen-bond acceptors (Lipinski definition) is 4. The number of hydrogen-bond donors (Lipinski definition) is 1. The maximum absolute atomic E-state index is 12.3. The first-order valence-electron chi connectivity index (χ1n) is 13.5. The smallest absolute Gasteiger partial charge is 0.171 e. The Hall–Kier alpha value is -0.710. The minimum absolute atomic E-state index is 0.0840. The Bertz CT molecular complexity index is 751. The highest BCUT2D eigenvalue weighted by molar-refractivity contribution is 5.90. The number of allylic oxidation sites excluding steroid dienone is 2. The molecular formula is C28H44O4. The monoisotopic (exact) mass is 444 g/mol. The van der Waals surface area contributed by atoms with Crippen molar-refractivity contribution in [1.82, 2.24) is 0 Å². The zero-order chi connectivity index (χ0) is 22.7. The lowest BCUT2D eigenvalue weighted by molar-refractivity contribution is -0.273. The van der Waals surface area contributed by atoms with Crippen molar-refractivity contribution in [3.8, 4) is 0 Å². The molecule has 0 aromatic carbocycles. The number of carbonyl (C=O) groups excluding carboxylic acids is 1. The van der Waals surface area contributed by atoms with Crippen molar-refractivity contribution in [3.05, 3.63) is 11.6 Å². The fourth-order valence-corrected chi connectivity index (χ4v) is 8.65. The second kappa shape index (κ2) is 8.50. The fourth-order valence-electron chi connectivity index (χ4n) is 8.65. The number of rotatable bonds is 4. The SMILES string of the molecule is CCCCC(=O)/C=C1/CCC2C(C1)C[C@H](O)[C@@]1(C)C2CC2OC3(CCC(C)CO3)[C@@H](C)C21. The molecule has 0 bridgehead atoms. The summed E-state index contributed by atoms with van der Waals surface area (Å²) >= 11 is 0. The molecule has 32 heavy (non-hydrogen) atoms. The second-order valence-electron chi connectivity index (χ2n) is 12.2. The van der Waals surface area contributed by atoms with E-state index >= 15 is 0 Å². The van der Waals surface area contributed by atoms with Gasteiger partial charge in [0.05, 0.1) is 18.8 Å². The number of ether oxygens (including phenoxy) is 2. The van der Waals surface area contributed by atoms with Crippen LogP contribution in [-0.4, -0.2) is 35.5 Å². The van der Waals surface area contributed by atoms with Crippen LogP contribution in [0.5, 0.6) is 0 Å². The van der Waals surface area contributed by atoms with Gasteiger partial charge in [0.25, 0.3) is 0 Å². The predicted molar refractivity (Wildman–Crippen MR) is 125 cm³/mol. The van der Waals surface area contributed by atoms with Gasteiger partial charge in [0.1, 0.15) is 0 Å². The lowest BCUT2D eigenvalue weighted by Crippen LogP contribution is -2.54. The Labute approximate surface area is 194 Å². The van der Waals surface area contributed by atoms with E-state index in [-0.39, 0.29) is 17.6 Å². The first-order valence-corrected chi connectivity index (χ1v) is 13.5. The second-order valence-corrected chi connectivity index (χ2v) is 12.2. The van der Waals surface area contributed by atoms with Gasteiger partial charge in [-0.25, -0.2) is 0 Å². The van der Waals surface area contributed by atoms with Crippen LogP contribution in [0.2, 0.25) is 0 Å². The highest BCUT2D eigenvalue weighted by Crippen LogP contribution is 2.68. The van der Waals surface area contributed by atoms with Crippen molar-refractivity contribution < 1.29 is 19.4 Å². The van der Waals surface area contributed by atoms with Crippen molar-refractivity contribution in [3.63, 3.8) is 0 Å². The van der Waals surface area contributed by atoms with E-state index in [0.717, 1.165) is 58.0 Å². The molecule has 1 N–H and O–H groups in total. The van der Waals surface area contributed by atoms with Crippen LogP contribution in [-0.2, 0) is 14.3 Å². The zero-order valence-electron chi connectivity index (χ0n) is 20.6. The molecular weight excluding hydrogens is 400 g/mol. The molecule has 1 spiro atoms. The minimum Gasteiger partial charge on any atom is -0.393 e. The molecule has 0 aromatic rings. The highest BCUT2D eigenvalue weighted by atomic mass is 16.7. The molecule has 5 aliphatic rings. The van der Waals surface area contributed by atoms with E-state index in [2.05, 4.69) is 27.7 Å². The van der Waals surface area contributed by atoms with Gasteiger partial charge in [-0.3, -0.25) is 4.79 Å². The lowest BCUT2D eigenvalue weighted by Gasteiger charge is -2.54. The first kappa shape index (κ1) is 23.1. The number of unbranched alkanes of at least 4 members (excludes halogenated alkanes) is 1. The predicted octanol–water partition coefficient (Wildman–Crippen LogP) is 5.67. The summed E-state index contributed by atoms with van der Waals surface area (Å²) in [4.78, 5) is 12.3. The van der Waals surface area contributed by atoms with Crippen LogP contribution in [0.3, 0.4) is 0 Å². The van der Waals surface area contributed by atoms with Crippen molar-refractivity contribution in [1.29, 1.82) is 0 Å². The molecule has 0 radical (unpaired) electrons. The van der Waals surface area contributed by atoms with E-state index in [9.17, 15) is 9.90 Å². The van der Waals surface area contributed by atoms with Gasteiger partial charge in [-0.2, -0.15) is 0 Å². The number of carbonyl (C=O) groups is 1. The maximum atomic E-state index is 12.3. The molecule has 0 amide bonds. The van der Waals surface area contributed by atoms with Gasteiger partial charge in [0, 0.05) is 30.1 Å². The molecule has 2 heterocycles. The van der Waals surface area contributed by atoms with Crippen LogP contribution < -0.4 is 0 Å². The van der Waals surface area contributed by atoms with Crippen LogP contribution in [0.4, 0.5) is 0 Å². The van der Waals surface area contributed by atoms with Crippen molar-refractivity contribution >= 4 is 5.78 Å². The first-order chi connectivity index (χ1) is 15.3. The molecule has 10 atom stereocenters. The van der Waals surface area contributed by atoms with Crippen molar-refractivity contribution in [2.24, 2.45) is 40.9 Å². The number of ketones is 1. The molecule has 4 heteroatoms. The van der Waals surface area contributed by atoms with Gasteiger partial charge in [-0.05, 0) is 74.7 Å². The number of aliphatic hydroxyl groups excluding tert-OH is 1. The quantitative estimate of drug-likeness (QED) is 0.567. The topological polar surface area (TPSA) is 55.8 Å². The normalized spacial score (nSPS) is 51.5. The van der Waals surface area contributed by atoms with Gasteiger partial charge in [0.15, 0.2) is 11.6 Å². The van der Waals surface area contributed by atoms with Crippen LogP contribution in [0.15, 0.2) is 11.6 Å². The van der Waals surface area contributed by atoms with Crippen LogP contribution in [0.1, 0.15) is 91.9 Å². The molecule has 7 unspecified atom stereocenters. The summed E-state index contributed by atoms with van der Waals surface area (Å²) in [5.41, 5.74) is 1.24. The molecule has 5 rings (SSSR count). The Balaban J connectivity index is 1.32. The van der Waals surface area contributed by atoms with E-state index < -0.39 is 5.79 Å². The summed E-state index contributed by atoms with van der Waals surface area (Å²) in [5, 5.41) is 11.6. The third-order valence-electron chi connectivity index (χ3n) is 10.4.